The average Bonchev–Trinajstić information content (AvgIpc) is 2.60. The van der Waals surface area contributed by atoms with Gasteiger partial charge in [0, 0.05) is 13.0 Å². The highest BCUT2D eigenvalue weighted by molar-refractivity contribution is 14.1. The third-order valence-corrected chi connectivity index (χ3v) is 3.82. The number of carbonyl (C=O) groups is 1. The third kappa shape index (κ3) is 2.32. The Balaban J connectivity index is 2.28. The summed E-state index contributed by atoms with van der Waals surface area (Å²) in [7, 11) is 0. The number of carbonyl (C=O) groups excluding carboxylic acids is 1. The van der Waals surface area contributed by atoms with E-state index in [-0.39, 0.29) is 17.6 Å². The maximum absolute atomic E-state index is 12.9. The van der Waals surface area contributed by atoms with Crippen LogP contribution in [0.25, 0.3) is 0 Å². The highest BCUT2D eigenvalue weighted by atomic mass is 127. The van der Waals surface area contributed by atoms with Gasteiger partial charge in [0.15, 0.2) is 0 Å². The minimum absolute atomic E-state index is 0.0380. The molecule has 0 radical (unpaired) electrons. The van der Waals surface area contributed by atoms with Crippen molar-refractivity contribution in [3.8, 4) is 0 Å². The van der Waals surface area contributed by atoms with Crippen LogP contribution in [0.2, 0.25) is 0 Å². The maximum atomic E-state index is 12.9. The number of amides is 1. The minimum Gasteiger partial charge on any atom is -0.296 e. The largest absolute Gasteiger partial charge is 0.296 e. The molecule has 1 unspecified atom stereocenters. The van der Waals surface area contributed by atoms with Gasteiger partial charge in [0.05, 0.1) is 9.77 Å². The fourth-order valence-electron chi connectivity index (χ4n) is 1.71. The average molecular weight is 352 g/mol. The zero-order valence-electron chi connectivity index (χ0n) is 8.36. The Hall–Kier alpha value is -0.370. The van der Waals surface area contributed by atoms with Crippen LogP contribution in [0, 0.1) is 15.3 Å². The van der Waals surface area contributed by atoms with Crippen LogP contribution in [0.4, 0.5) is 10.2 Å². The van der Waals surface area contributed by atoms with Crippen molar-refractivity contribution in [2.24, 2.45) is 5.92 Å². The molecule has 6 heteroatoms. The molecule has 1 atom stereocenters. The number of nitrogens with zero attached hydrogens (tertiary/aromatic N) is 2. The minimum atomic E-state index is -0.384. The second-order valence-corrected chi connectivity index (χ2v) is 5.24. The summed E-state index contributed by atoms with van der Waals surface area (Å²) in [5.41, 5.74) is 0. The van der Waals surface area contributed by atoms with E-state index in [1.165, 1.54) is 6.07 Å². The van der Waals surface area contributed by atoms with Crippen LogP contribution in [0.1, 0.15) is 6.42 Å². The van der Waals surface area contributed by atoms with Gasteiger partial charge in [-0.3, -0.25) is 9.69 Å². The summed E-state index contributed by atoms with van der Waals surface area (Å²) in [6.45, 7) is 0.622. The number of aromatic nitrogens is 1. The van der Waals surface area contributed by atoms with Gasteiger partial charge in [-0.1, -0.05) is 0 Å². The van der Waals surface area contributed by atoms with E-state index < -0.39 is 0 Å². The van der Waals surface area contributed by atoms with Crippen molar-refractivity contribution < 1.29 is 9.18 Å². The SMILES string of the molecule is O=C1CC(CS)CN1c1ncc(F)cc1I. The number of rotatable bonds is 2. The smallest absolute Gasteiger partial charge is 0.228 e. The number of anilines is 1. The monoisotopic (exact) mass is 352 g/mol. The van der Waals surface area contributed by atoms with E-state index in [2.05, 4.69) is 17.6 Å². The topological polar surface area (TPSA) is 33.2 Å². The molecule has 0 saturated carbocycles. The Morgan fingerprint density at radius 1 is 1.69 bits per heavy atom. The van der Waals surface area contributed by atoms with Crippen molar-refractivity contribution in [3.05, 3.63) is 21.7 Å². The fraction of sp³-hybridized carbons (Fsp3) is 0.400. The van der Waals surface area contributed by atoms with Gasteiger partial charge in [0.25, 0.3) is 0 Å². The lowest BCUT2D eigenvalue weighted by molar-refractivity contribution is -0.117. The normalized spacial score (nSPS) is 20.6. The fourth-order valence-corrected chi connectivity index (χ4v) is 2.69. The van der Waals surface area contributed by atoms with Crippen LogP contribution in [-0.2, 0) is 4.79 Å². The lowest BCUT2D eigenvalue weighted by Crippen LogP contribution is -2.26. The van der Waals surface area contributed by atoms with Crippen molar-refractivity contribution in [2.45, 2.75) is 6.42 Å². The zero-order valence-corrected chi connectivity index (χ0v) is 11.4. The highest BCUT2D eigenvalue weighted by Crippen LogP contribution is 2.27. The molecule has 1 aliphatic rings. The van der Waals surface area contributed by atoms with Crippen LogP contribution in [-0.4, -0.2) is 23.2 Å². The van der Waals surface area contributed by atoms with Crippen LogP contribution < -0.4 is 4.90 Å². The number of hydrogen-bond donors (Lipinski definition) is 1. The van der Waals surface area contributed by atoms with E-state index in [0.717, 1.165) is 6.20 Å². The summed E-state index contributed by atoms with van der Waals surface area (Å²) < 4.78 is 13.5. The molecule has 0 aromatic carbocycles. The van der Waals surface area contributed by atoms with Gasteiger partial charge < -0.3 is 0 Å². The molecule has 1 amide bonds. The van der Waals surface area contributed by atoms with Gasteiger partial charge in [-0.25, -0.2) is 9.37 Å². The van der Waals surface area contributed by atoms with E-state index >= 15 is 0 Å². The first-order valence-corrected chi connectivity index (χ1v) is 6.55. The van der Waals surface area contributed by atoms with Gasteiger partial charge >= 0.3 is 0 Å². The summed E-state index contributed by atoms with van der Waals surface area (Å²) in [4.78, 5) is 17.3. The van der Waals surface area contributed by atoms with Gasteiger partial charge in [-0.2, -0.15) is 12.6 Å². The van der Waals surface area contributed by atoms with Crippen molar-refractivity contribution >= 4 is 46.9 Å². The summed E-state index contributed by atoms with van der Waals surface area (Å²) >= 11 is 6.18. The molecule has 1 aromatic heterocycles. The predicted octanol–water partition coefficient (Wildman–Crippen LogP) is 2.11. The molecule has 2 heterocycles. The van der Waals surface area contributed by atoms with Crippen molar-refractivity contribution in [1.29, 1.82) is 0 Å². The van der Waals surface area contributed by atoms with Crippen LogP contribution in [0.5, 0.6) is 0 Å². The predicted molar refractivity (Wildman–Crippen MR) is 71.2 cm³/mol. The van der Waals surface area contributed by atoms with Gasteiger partial charge in [-0.05, 0) is 40.3 Å². The Morgan fingerprint density at radius 2 is 2.44 bits per heavy atom. The lowest BCUT2D eigenvalue weighted by Gasteiger charge is -2.16. The van der Waals surface area contributed by atoms with Crippen molar-refractivity contribution in [2.75, 3.05) is 17.2 Å². The van der Waals surface area contributed by atoms with E-state index in [1.54, 1.807) is 4.90 Å². The van der Waals surface area contributed by atoms with Crippen LogP contribution >= 0.6 is 35.2 Å². The first-order chi connectivity index (χ1) is 7.61. The molecule has 0 spiro atoms. The number of thiol groups is 1. The first-order valence-electron chi connectivity index (χ1n) is 4.84. The third-order valence-electron chi connectivity index (χ3n) is 2.51. The highest BCUT2D eigenvalue weighted by Gasteiger charge is 2.31. The van der Waals surface area contributed by atoms with Gasteiger partial charge in [0.2, 0.25) is 5.91 Å². The molecular weight excluding hydrogens is 342 g/mol. The van der Waals surface area contributed by atoms with E-state index in [1.807, 2.05) is 22.6 Å². The summed E-state index contributed by atoms with van der Waals surface area (Å²) in [5, 5.41) is 0. The molecule has 86 valence electrons. The summed E-state index contributed by atoms with van der Waals surface area (Å²) in [6, 6.07) is 1.38. The van der Waals surface area contributed by atoms with Crippen molar-refractivity contribution in [3.63, 3.8) is 0 Å². The summed E-state index contributed by atoms with van der Waals surface area (Å²) in [5.74, 6) is 1.15. The summed E-state index contributed by atoms with van der Waals surface area (Å²) in [6.07, 6.45) is 1.64. The number of pyridine rings is 1. The molecule has 0 N–H and O–H groups in total. The standard InChI is InChI=1S/C10H10FIN2OS/c11-7-2-8(12)10(13-3-7)14-4-6(5-16)1-9(14)15/h2-3,6,16H,1,4-5H2. The molecule has 1 aromatic rings. The molecule has 1 aliphatic heterocycles. The van der Waals surface area contributed by atoms with Gasteiger partial charge in [0.1, 0.15) is 11.6 Å². The molecule has 1 fully saturated rings. The Bertz CT molecular complexity index is 429. The van der Waals surface area contributed by atoms with E-state index in [0.29, 0.717) is 28.1 Å². The lowest BCUT2D eigenvalue weighted by atomic mass is 10.1. The Kier molecular flexibility index (Phi) is 3.68. The molecule has 2 rings (SSSR count). The van der Waals surface area contributed by atoms with Crippen LogP contribution in [0.15, 0.2) is 12.3 Å². The molecule has 1 saturated heterocycles. The first kappa shape index (κ1) is 12.1. The Morgan fingerprint density at radius 3 is 3.00 bits per heavy atom. The van der Waals surface area contributed by atoms with E-state index in [4.69, 9.17) is 0 Å². The van der Waals surface area contributed by atoms with Crippen molar-refractivity contribution in [1.82, 2.24) is 4.98 Å². The second-order valence-electron chi connectivity index (χ2n) is 3.72. The second kappa shape index (κ2) is 4.87. The molecular formula is C10H10FIN2OS. The molecule has 0 bridgehead atoms. The molecule has 3 nitrogen and oxygen atoms in total. The number of hydrogen-bond acceptors (Lipinski definition) is 3. The Labute approximate surface area is 112 Å². The zero-order chi connectivity index (χ0) is 11.7. The van der Waals surface area contributed by atoms with E-state index in [9.17, 15) is 9.18 Å². The molecule has 0 aliphatic carbocycles. The molecule has 16 heavy (non-hydrogen) atoms. The van der Waals surface area contributed by atoms with Crippen LogP contribution in [0.3, 0.4) is 0 Å². The quantitative estimate of drug-likeness (QED) is 0.653. The maximum Gasteiger partial charge on any atom is 0.228 e. The van der Waals surface area contributed by atoms with Gasteiger partial charge in [-0.15, -0.1) is 0 Å². The number of halogens is 2.